The van der Waals surface area contributed by atoms with Crippen LogP contribution >= 0.6 is 24.2 Å². The molecule has 0 bridgehead atoms. The average Bonchev–Trinajstić information content (AvgIpc) is 2.97. The Morgan fingerprint density at radius 2 is 1.57 bits per heavy atom. The van der Waals surface area contributed by atoms with Crippen LogP contribution < -0.4 is 0 Å². The van der Waals surface area contributed by atoms with Crippen LogP contribution in [-0.4, -0.2) is 15.8 Å². The quantitative estimate of drug-likeness (QED) is 0.782. The SMILES string of the molecule is CC1=CSC2=NN=C(c3ccccc3)C(c3ccccc3)N12.Cl. The lowest BCUT2D eigenvalue weighted by Crippen LogP contribution is -2.36. The van der Waals surface area contributed by atoms with Crippen LogP contribution in [0.2, 0.25) is 0 Å². The molecule has 2 aliphatic rings. The first kappa shape index (κ1) is 15.8. The van der Waals surface area contributed by atoms with Gasteiger partial charge in [0.2, 0.25) is 0 Å². The molecule has 3 nitrogen and oxygen atoms in total. The van der Waals surface area contributed by atoms with Gasteiger partial charge in [-0.05, 0) is 17.9 Å². The van der Waals surface area contributed by atoms with Gasteiger partial charge >= 0.3 is 0 Å². The maximum Gasteiger partial charge on any atom is 0.195 e. The molecule has 1 atom stereocenters. The number of hydrogen-bond donors (Lipinski definition) is 0. The summed E-state index contributed by atoms with van der Waals surface area (Å²) in [5.41, 5.74) is 4.54. The minimum absolute atomic E-state index is 0. The van der Waals surface area contributed by atoms with Gasteiger partial charge < -0.3 is 4.90 Å². The monoisotopic (exact) mass is 341 g/mol. The van der Waals surface area contributed by atoms with Crippen molar-refractivity contribution in [3.63, 3.8) is 0 Å². The van der Waals surface area contributed by atoms with E-state index in [9.17, 15) is 0 Å². The highest BCUT2D eigenvalue weighted by Crippen LogP contribution is 2.39. The Hall–Kier alpha value is -2.04. The van der Waals surface area contributed by atoms with Crippen LogP contribution in [0.3, 0.4) is 0 Å². The van der Waals surface area contributed by atoms with Crippen molar-refractivity contribution in [2.24, 2.45) is 10.2 Å². The highest BCUT2D eigenvalue weighted by atomic mass is 35.5. The molecule has 0 amide bonds. The molecule has 0 aromatic heterocycles. The maximum absolute atomic E-state index is 4.54. The van der Waals surface area contributed by atoms with Crippen LogP contribution in [0.5, 0.6) is 0 Å². The Morgan fingerprint density at radius 3 is 2.26 bits per heavy atom. The number of benzene rings is 2. The molecule has 2 heterocycles. The van der Waals surface area contributed by atoms with Crippen molar-refractivity contribution in [2.45, 2.75) is 13.0 Å². The van der Waals surface area contributed by atoms with Crippen molar-refractivity contribution in [2.75, 3.05) is 0 Å². The first-order valence-corrected chi connectivity index (χ1v) is 8.11. The van der Waals surface area contributed by atoms with Gasteiger partial charge in [0.1, 0.15) is 6.04 Å². The Balaban J connectivity index is 0.00000156. The highest BCUT2D eigenvalue weighted by molar-refractivity contribution is 8.16. The molecule has 0 aliphatic carbocycles. The molecular weight excluding hydrogens is 326 g/mol. The normalized spacial score (nSPS) is 19.3. The summed E-state index contributed by atoms with van der Waals surface area (Å²) in [5, 5.41) is 12.0. The van der Waals surface area contributed by atoms with Gasteiger partial charge in [-0.3, -0.25) is 0 Å². The van der Waals surface area contributed by atoms with Gasteiger partial charge in [0.05, 0.1) is 5.71 Å². The van der Waals surface area contributed by atoms with E-state index in [-0.39, 0.29) is 18.4 Å². The molecule has 4 rings (SSSR count). The van der Waals surface area contributed by atoms with E-state index in [0.29, 0.717) is 0 Å². The van der Waals surface area contributed by atoms with Gasteiger partial charge in [-0.1, -0.05) is 72.4 Å². The molecule has 0 radical (unpaired) electrons. The second-order valence-corrected chi connectivity index (χ2v) is 6.13. The van der Waals surface area contributed by atoms with Gasteiger partial charge in [0, 0.05) is 11.3 Å². The lowest BCUT2D eigenvalue weighted by atomic mass is 9.94. The van der Waals surface area contributed by atoms with Crippen LogP contribution in [0.15, 0.2) is 82.0 Å². The molecule has 0 saturated carbocycles. The van der Waals surface area contributed by atoms with Crippen LogP contribution in [0.1, 0.15) is 24.1 Å². The van der Waals surface area contributed by atoms with E-state index in [4.69, 9.17) is 0 Å². The Morgan fingerprint density at radius 1 is 0.913 bits per heavy atom. The molecule has 2 aromatic carbocycles. The largest absolute Gasteiger partial charge is 0.309 e. The molecule has 0 N–H and O–H groups in total. The lowest BCUT2D eigenvalue weighted by molar-refractivity contribution is 0.473. The number of nitrogens with zero attached hydrogens (tertiary/aromatic N) is 3. The minimum Gasteiger partial charge on any atom is -0.309 e. The van der Waals surface area contributed by atoms with Crippen LogP contribution in [-0.2, 0) is 0 Å². The molecule has 0 spiro atoms. The number of rotatable bonds is 2. The molecule has 0 fully saturated rings. The van der Waals surface area contributed by atoms with Crippen molar-refractivity contribution in [3.8, 4) is 0 Å². The van der Waals surface area contributed by atoms with Crippen molar-refractivity contribution in [3.05, 3.63) is 82.9 Å². The summed E-state index contributed by atoms with van der Waals surface area (Å²) in [4.78, 5) is 2.27. The van der Waals surface area contributed by atoms with Gasteiger partial charge in [-0.2, -0.15) is 0 Å². The van der Waals surface area contributed by atoms with E-state index < -0.39 is 0 Å². The van der Waals surface area contributed by atoms with E-state index in [1.165, 1.54) is 11.3 Å². The summed E-state index contributed by atoms with van der Waals surface area (Å²) in [6, 6.07) is 20.9. The summed E-state index contributed by atoms with van der Waals surface area (Å²) in [7, 11) is 0. The van der Waals surface area contributed by atoms with E-state index >= 15 is 0 Å². The Kier molecular flexibility index (Phi) is 4.55. The average molecular weight is 342 g/mol. The number of halogens is 1. The summed E-state index contributed by atoms with van der Waals surface area (Å²) in [6.07, 6.45) is 0. The molecule has 5 heteroatoms. The second-order valence-electron chi connectivity index (χ2n) is 5.29. The third-order valence-corrected chi connectivity index (χ3v) is 4.81. The van der Waals surface area contributed by atoms with E-state index in [1.807, 2.05) is 24.3 Å². The fourth-order valence-corrected chi connectivity index (χ4v) is 3.67. The summed E-state index contributed by atoms with van der Waals surface area (Å²) in [5.74, 6) is 0. The number of thioether (sulfide) groups is 1. The van der Waals surface area contributed by atoms with Crippen molar-refractivity contribution >= 4 is 35.0 Å². The maximum atomic E-state index is 4.54. The third-order valence-electron chi connectivity index (χ3n) is 3.87. The Bertz CT molecular complexity index is 784. The van der Waals surface area contributed by atoms with Gasteiger partial charge in [-0.15, -0.1) is 22.6 Å². The third kappa shape index (κ3) is 2.80. The fourth-order valence-electron chi connectivity index (χ4n) is 2.83. The first-order valence-electron chi connectivity index (χ1n) is 7.23. The zero-order valence-electron chi connectivity index (χ0n) is 12.6. The number of amidine groups is 1. The zero-order valence-corrected chi connectivity index (χ0v) is 14.2. The fraction of sp³-hybridized carbons (Fsp3) is 0.111. The predicted octanol–water partition coefficient (Wildman–Crippen LogP) is 4.83. The predicted molar refractivity (Wildman–Crippen MR) is 100 cm³/mol. The molecule has 0 saturated heterocycles. The topological polar surface area (TPSA) is 28.0 Å². The molecule has 2 aliphatic heterocycles. The van der Waals surface area contributed by atoms with Crippen molar-refractivity contribution < 1.29 is 0 Å². The highest BCUT2D eigenvalue weighted by Gasteiger charge is 2.36. The molecule has 23 heavy (non-hydrogen) atoms. The molecular formula is C18H16ClN3S. The van der Waals surface area contributed by atoms with E-state index in [2.05, 4.69) is 63.8 Å². The summed E-state index contributed by atoms with van der Waals surface area (Å²) in [6.45, 7) is 2.12. The standard InChI is InChI=1S/C18H15N3S.ClH/c1-13-12-22-18-20-19-16(14-8-4-2-5-9-14)17(21(13)18)15-10-6-3-7-11-15;/h2-12,17H,1H3;1H. The molecule has 1 unspecified atom stereocenters. The van der Waals surface area contributed by atoms with Crippen LogP contribution in [0.25, 0.3) is 0 Å². The Labute approximate surface area is 146 Å². The van der Waals surface area contributed by atoms with E-state index in [1.54, 1.807) is 11.8 Å². The van der Waals surface area contributed by atoms with E-state index in [0.717, 1.165) is 16.4 Å². The first-order chi connectivity index (χ1) is 10.8. The summed E-state index contributed by atoms with van der Waals surface area (Å²) >= 11 is 1.64. The minimum atomic E-state index is 0. The smallest absolute Gasteiger partial charge is 0.195 e. The molecule has 2 aromatic rings. The van der Waals surface area contributed by atoms with Crippen LogP contribution in [0.4, 0.5) is 0 Å². The van der Waals surface area contributed by atoms with Gasteiger partial charge in [0.15, 0.2) is 5.17 Å². The van der Waals surface area contributed by atoms with Gasteiger partial charge in [-0.25, -0.2) is 0 Å². The number of fused-ring (bicyclic) bond motifs is 1. The second kappa shape index (κ2) is 6.60. The number of hydrogen-bond acceptors (Lipinski definition) is 4. The van der Waals surface area contributed by atoms with Gasteiger partial charge in [0.25, 0.3) is 0 Å². The van der Waals surface area contributed by atoms with Crippen molar-refractivity contribution in [1.82, 2.24) is 4.90 Å². The lowest BCUT2D eigenvalue weighted by Gasteiger charge is -2.33. The van der Waals surface area contributed by atoms with Crippen molar-refractivity contribution in [1.29, 1.82) is 0 Å². The zero-order chi connectivity index (χ0) is 14.9. The number of allylic oxidation sites excluding steroid dienone is 1. The van der Waals surface area contributed by atoms with Crippen LogP contribution in [0, 0.1) is 0 Å². The summed E-state index contributed by atoms with van der Waals surface area (Å²) < 4.78 is 0. The molecule has 116 valence electrons.